The Balaban J connectivity index is 1.33. The van der Waals surface area contributed by atoms with Crippen LogP contribution in [0, 0.1) is 12.8 Å². The van der Waals surface area contributed by atoms with Gasteiger partial charge in [-0.25, -0.2) is 19.6 Å². The third-order valence-corrected chi connectivity index (χ3v) is 7.74. The number of aromatic nitrogens is 6. The molecule has 4 aromatic rings. The average Bonchev–Trinajstić information content (AvgIpc) is 3.45. The molecule has 6 rings (SSSR count). The van der Waals surface area contributed by atoms with E-state index in [-0.39, 0.29) is 5.92 Å². The summed E-state index contributed by atoms with van der Waals surface area (Å²) in [6.07, 6.45) is 2.82. The number of imidazole rings is 1. The van der Waals surface area contributed by atoms with Crippen LogP contribution in [0.15, 0.2) is 42.9 Å². The van der Waals surface area contributed by atoms with E-state index in [1.165, 1.54) is 4.90 Å². The molecule has 0 radical (unpaired) electrons. The highest BCUT2D eigenvalue weighted by molar-refractivity contribution is 6.31. The van der Waals surface area contributed by atoms with E-state index in [1.807, 2.05) is 34.5 Å². The van der Waals surface area contributed by atoms with Gasteiger partial charge in [0.05, 0.1) is 19.1 Å². The van der Waals surface area contributed by atoms with Gasteiger partial charge in [-0.1, -0.05) is 11.6 Å². The van der Waals surface area contributed by atoms with Crippen molar-refractivity contribution in [2.75, 3.05) is 25.1 Å². The minimum absolute atomic E-state index is 0.203. The fourth-order valence-electron chi connectivity index (χ4n) is 5.30. The van der Waals surface area contributed by atoms with E-state index >= 15 is 0 Å². The van der Waals surface area contributed by atoms with Crippen LogP contribution in [0.5, 0.6) is 5.88 Å². The molecule has 0 saturated heterocycles. The lowest BCUT2D eigenvalue weighted by Gasteiger charge is -2.28. The van der Waals surface area contributed by atoms with Gasteiger partial charge in [0.25, 0.3) is 0 Å². The maximum absolute atomic E-state index is 13.4. The van der Waals surface area contributed by atoms with Gasteiger partial charge < -0.3 is 14.2 Å². The number of hydrogen-bond donors (Lipinski definition) is 0. The second-order valence-corrected chi connectivity index (χ2v) is 10.9. The third kappa shape index (κ3) is 5.52. The van der Waals surface area contributed by atoms with Gasteiger partial charge in [0, 0.05) is 35.9 Å². The van der Waals surface area contributed by atoms with Crippen molar-refractivity contribution < 1.29 is 17.9 Å². The number of benzene rings is 1. The maximum Gasteiger partial charge on any atom is 0.405 e. The first-order valence-electron chi connectivity index (χ1n) is 13.3. The molecule has 1 fully saturated rings. The van der Waals surface area contributed by atoms with Crippen LogP contribution in [0.2, 0.25) is 5.02 Å². The molecular formula is C28H29ClF3N7O. The molecule has 0 spiro atoms. The second-order valence-electron chi connectivity index (χ2n) is 10.5. The fraction of sp³-hybridized carbons (Fsp3) is 0.429. The molecule has 210 valence electrons. The Hall–Kier alpha value is -3.60. The first-order valence-corrected chi connectivity index (χ1v) is 13.7. The van der Waals surface area contributed by atoms with Crippen LogP contribution >= 0.6 is 11.6 Å². The zero-order valence-corrected chi connectivity index (χ0v) is 23.0. The number of ether oxygens (including phenoxy) is 1. The van der Waals surface area contributed by atoms with Crippen LogP contribution in [0.3, 0.4) is 0 Å². The largest absolute Gasteiger partial charge is 0.479 e. The number of nitrogens with zero attached hydrogens (tertiary/aromatic N) is 7. The highest BCUT2D eigenvalue weighted by Crippen LogP contribution is 2.40. The van der Waals surface area contributed by atoms with Crippen molar-refractivity contribution in [3.8, 4) is 23.1 Å². The monoisotopic (exact) mass is 571 g/mol. The number of hydrogen-bond acceptors (Lipinski definition) is 6. The van der Waals surface area contributed by atoms with Gasteiger partial charge in [0.15, 0.2) is 5.82 Å². The van der Waals surface area contributed by atoms with Crippen LogP contribution in [-0.4, -0.2) is 55.7 Å². The van der Waals surface area contributed by atoms with Crippen molar-refractivity contribution in [1.82, 2.24) is 29.3 Å². The Morgan fingerprint density at radius 2 is 1.95 bits per heavy atom. The molecule has 40 heavy (non-hydrogen) atoms. The molecule has 1 aliphatic heterocycles. The van der Waals surface area contributed by atoms with Gasteiger partial charge in [-0.3, -0.25) is 0 Å². The average molecular weight is 572 g/mol. The minimum Gasteiger partial charge on any atom is -0.479 e. The van der Waals surface area contributed by atoms with Gasteiger partial charge in [-0.2, -0.15) is 13.2 Å². The number of pyridine rings is 1. The maximum atomic E-state index is 13.4. The summed E-state index contributed by atoms with van der Waals surface area (Å²) in [5.74, 6) is 1.69. The fourth-order valence-corrected chi connectivity index (χ4v) is 5.55. The van der Waals surface area contributed by atoms with E-state index in [4.69, 9.17) is 26.4 Å². The minimum atomic E-state index is -4.30. The Morgan fingerprint density at radius 1 is 1.12 bits per heavy atom. The lowest BCUT2D eigenvalue weighted by Crippen LogP contribution is -2.35. The summed E-state index contributed by atoms with van der Waals surface area (Å²) in [5, 5.41) is 5.23. The molecule has 1 atom stereocenters. The topological polar surface area (TPSA) is 73.9 Å². The molecule has 0 amide bonds. The molecule has 0 bridgehead atoms. The van der Waals surface area contributed by atoms with Crippen molar-refractivity contribution in [1.29, 1.82) is 0 Å². The van der Waals surface area contributed by atoms with Gasteiger partial charge >= 0.3 is 6.18 Å². The molecule has 0 N–H and O–H groups in total. The van der Waals surface area contributed by atoms with Crippen molar-refractivity contribution in [3.05, 3.63) is 65.0 Å². The smallest absolute Gasteiger partial charge is 0.405 e. The number of rotatable bonds is 8. The third-order valence-electron chi connectivity index (χ3n) is 7.39. The first kappa shape index (κ1) is 26.6. The molecule has 1 saturated carbocycles. The number of anilines is 1. The molecule has 4 heterocycles. The summed E-state index contributed by atoms with van der Waals surface area (Å²) in [5.41, 5.74) is 3.46. The van der Waals surface area contributed by atoms with Gasteiger partial charge in [-0.15, -0.1) is 5.10 Å². The van der Waals surface area contributed by atoms with Crippen LogP contribution in [-0.2, 0) is 6.54 Å². The Bertz CT molecular complexity index is 1530. The summed E-state index contributed by atoms with van der Waals surface area (Å²) in [6, 6.07) is 8.90. The normalized spacial score (nSPS) is 17.1. The zero-order valence-electron chi connectivity index (χ0n) is 22.2. The lowest BCUT2D eigenvalue weighted by molar-refractivity contribution is -0.119. The standard InChI is InChI=1S/C28H29ClF3N7O/c1-17-13-38(16-33-17)24-10-9-23(34-27(24)40-2)25-35-26-20(4-3-11-39(26)36-25)21-12-19(7-8-22(21)29)37(14-18-5-6-18)15-28(30,31)32/h7-10,12-13,16,18,20H,3-6,11,14-15H2,1-2H3/t20-/m1/s1. The number of halogens is 4. The zero-order chi connectivity index (χ0) is 28.0. The van der Waals surface area contributed by atoms with E-state index in [9.17, 15) is 13.2 Å². The number of alkyl halides is 3. The van der Waals surface area contributed by atoms with Crippen molar-refractivity contribution >= 4 is 17.3 Å². The summed E-state index contributed by atoms with van der Waals surface area (Å²) in [7, 11) is 1.56. The molecule has 2 aliphatic rings. The summed E-state index contributed by atoms with van der Waals surface area (Å²) < 4.78 is 49.5. The van der Waals surface area contributed by atoms with Crippen LogP contribution in [0.25, 0.3) is 17.2 Å². The number of aryl methyl sites for hydroxylation is 2. The lowest BCUT2D eigenvalue weighted by atomic mass is 9.90. The molecule has 0 unspecified atom stereocenters. The van der Waals surface area contributed by atoms with E-state index < -0.39 is 12.7 Å². The van der Waals surface area contributed by atoms with Gasteiger partial charge in [0.2, 0.25) is 5.88 Å². The van der Waals surface area contributed by atoms with Crippen LogP contribution in [0.4, 0.5) is 18.9 Å². The molecule has 1 aromatic carbocycles. The predicted octanol–water partition coefficient (Wildman–Crippen LogP) is 6.20. The van der Waals surface area contributed by atoms with Gasteiger partial charge in [0.1, 0.15) is 23.8 Å². The van der Waals surface area contributed by atoms with E-state index in [0.717, 1.165) is 48.5 Å². The quantitative estimate of drug-likeness (QED) is 0.251. The highest BCUT2D eigenvalue weighted by atomic mass is 35.5. The molecule has 8 nitrogen and oxygen atoms in total. The predicted molar refractivity (Wildman–Crippen MR) is 145 cm³/mol. The SMILES string of the molecule is COc1nc(-c2nc3n(n2)CCC[C@@H]3c2cc(N(CC3CC3)CC(F)(F)F)ccc2Cl)ccc1-n1cnc(C)c1. The van der Waals surface area contributed by atoms with Crippen LogP contribution in [0.1, 0.15) is 48.7 Å². The Labute approximate surface area is 234 Å². The first-order chi connectivity index (χ1) is 19.2. The number of methoxy groups -OCH3 is 1. The van der Waals surface area contributed by atoms with E-state index in [0.29, 0.717) is 47.1 Å². The summed E-state index contributed by atoms with van der Waals surface area (Å²) in [4.78, 5) is 15.2. The van der Waals surface area contributed by atoms with Crippen molar-refractivity contribution in [2.24, 2.45) is 5.92 Å². The van der Waals surface area contributed by atoms with Crippen molar-refractivity contribution in [3.63, 3.8) is 0 Å². The van der Waals surface area contributed by atoms with E-state index in [1.54, 1.807) is 31.6 Å². The summed E-state index contributed by atoms with van der Waals surface area (Å²) >= 11 is 6.66. The summed E-state index contributed by atoms with van der Waals surface area (Å²) in [6.45, 7) is 1.98. The number of fused-ring (bicyclic) bond motifs is 1. The highest BCUT2D eigenvalue weighted by Gasteiger charge is 2.35. The molecule has 12 heteroatoms. The van der Waals surface area contributed by atoms with Crippen molar-refractivity contribution in [2.45, 2.75) is 51.2 Å². The Kier molecular flexibility index (Phi) is 6.93. The van der Waals surface area contributed by atoms with Gasteiger partial charge in [-0.05, 0) is 74.4 Å². The van der Waals surface area contributed by atoms with E-state index in [2.05, 4.69) is 9.97 Å². The van der Waals surface area contributed by atoms with Crippen LogP contribution < -0.4 is 9.64 Å². The Morgan fingerprint density at radius 3 is 2.65 bits per heavy atom. The molecular weight excluding hydrogens is 543 g/mol. The molecule has 1 aliphatic carbocycles. The second kappa shape index (κ2) is 10.4. The molecule has 3 aromatic heterocycles.